The Labute approximate surface area is 130 Å². The van der Waals surface area contributed by atoms with Gasteiger partial charge in [0.15, 0.2) is 6.73 Å². The number of hydrogen-bond donors (Lipinski definition) is 3. The third-order valence-electron chi connectivity index (χ3n) is 3.41. The number of ether oxygens (including phenoxy) is 1. The predicted octanol–water partition coefficient (Wildman–Crippen LogP) is 3.35. The van der Waals surface area contributed by atoms with E-state index in [1.807, 2.05) is 51.1 Å². The molecule has 0 aromatic heterocycles. The highest BCUT2D eigenvalue weighted by molar-refractivity contribution is 5.92. The fourth-order valence-corrected chi connectivity index (χ4v) is 1.93. The zero-order valence-electron chi connectivity index (χ0n) is 13.1. The number of nitrogens with two attached hydrogens (primary N) is 1. The molecule has 5 nitrogen and oxygen atoms in total. The van der Waals surface area contributed by atoms with Gasteiger partial charge in [-0.1, -0.05) is 12.1 Å². The highest BCUT2D eigenvalue weighted by Crippen LogP contribution is 2.19. The second kappa shape index (κ2) is 6.85. The van der Waals surface area contributed by atoms with E-state index in [-0.39, 0.29) is 12.8 Å². The summed E-state index contributed by atoms with van der Waals surface area (Å²) in [7, 11) is 0. The maximum Gasteiger partial charge on any atom is 0.321 e. The molecule has 4 N–H and O–H groups in total. The summed E-state index contributed by atoms with van der Waals surface area (Å²) < 4.78 is 5.50. The van der Waals surface area contributed by atoms with Crippen LogP contribution in [-0.2, 0) is 0 Å². The van der Waals surface area contributed by atoms with Gasteiger partial charge in [0.2, 0.25) is 0 Å². The van der Waals surface area contributed by atoms with Crippen molar-refractivity contribution < 1.29 is 9.53 Å². The molecule has 0 aliphatic rings. The number of benzene rings is 2. The fraction of sp³-hybridized carbons (Fsp3) is 0.235. The Morgan fingerprint density at radius 2 is 1.86 bits per heavy atom. The van der Waals surface area contributed by atoms with E-state index in [0.29, 0.717) is 11.4 Å². The Hall–Kier alpha value is -2.69. The van der Waals surface area contributed by atoms with E-state index in [1.54, 1.807) is 6.07 Å². The van der Waals surface area contributed by atoms with E-state index < -0.39 is 0 Å². The minimum Gasteiger partial charge on any atom is -0.473 e. The van der Waals surface area contributed by atoms with Crippen LogP contribution in [0.15, 0.2) is 36.4 Å². The van der Waals surface area contributed by atoms with Gasteiger partial charge in [0, 0.05) is 0 Å². The van der Waals surface area contributed by atoms with E-state index in [2.05, 4.69) is 10.6 Å². The second-order valence-electron chi connectivity index (χ2n) is 5.26. The molecule has 0 fully saturated rings. The first-order valence-electron chi connectivity index (χ1n) is 7.07. The fourth-order valence-electron chi connectivity index (χ4n) is 1.93. The molecule has 0 bridgehead atoms. The maximum atomic E-state index is 11.8. The number of carbonyl (C=O) groups excluding carboxylic acids is 1. The number of nitrogens with one attached hydrogen (secondary N) is 2. The van der Waals surface area contributed by atoms with Crippen molar-refractivity contribution in [1.29, 1.82) is 0 Å². The molecule has 0 radical (unpaired) electrons. The van der Waals surface area contributed by atoms with E-state index >= 15 is 0 Å². The van der Waals surface area contributed by atoms with E-state index in [0.717, 1.165) is 16.9 Å². The molecule has 0 unspecified atom stereocenters. The summed E-state index contributed by atoms with van der Waals surface area (Å²) in [6.45, 7) is 6.07. The van der Waals surface area contributed by atoms with Crippen LogP contribution >= 0.6 is 0 Å². The lowest BCUT2D eigenvalue weighted by Crippen LogP contribution is -2.32. The summed E-state index contributed by atoms with van der Waals surface area (Å²) in [5, 5.41) is 5.34. The predicted molar refractivity (Wildman–Crippen MR) is 89.2 cm³/mol. The average molecular weight is 299 g/mol. The van der Waals surface area contributed by atoms with Crippen LogP contribution in [0.2, 0.25) is 0 Å². The molecule has 22 heavy (non-hydrogen) atoms. The molecule has 2 aromatic rings. The summed E-state index contributed by atoms with van der Waals surface area (Å²) in [5.74, 6) is 0.721. The molecule has 2 amide bonds. The normalized spacial score (nSPS) is 10.1. The molecule has 2 aromatic carbocycles. The summed E-state index contributed by atoms with van der Waals surface area (Å²) in [6.07, 6.45) is 0. The van der Waals surface area contributed by atoms with E-state index in [1.165, 1.54) is 5.56 Å². The van der Waals surface area contributed by atoms with Crippen LogP contribution in [-0.4, -0.2) is 12.8 Å². The molecule has 0 saturated heterocycles. The quantitative estimate of drug-likeness (QED) is 0.598. The number of nitrogen functional groups attached to an aromatic ring is 1. The first-order valence-corrected chi connectivity index (χ1v) is 7.07. The SMILES string of the molecule is Cc1ccc(N)c(NC(=O)NCOc2ccc(C)c(C)c2)c1. The van der Waals surface area contributed by atoms with Gasteiger partial charge in [-0.15, -0.1) is 0 Å². The number of urea groups is 1. The minimum atomic E-state index is -0.360. The molecule has 0 spiro atoms. The van der Waals surface area contributed by atoms with Crippen molar-refractivity contribution in [3.05, 3.63) is 53.1 Å². The van der Waals surface area contributed by atoms with Gasteiger partial charge in [-0.25, -0.2) is 4.79 Å². The van der Waals surface area contributed by atoms with Crippen molar-refractivity contribution in [2.24, 2.45) is 0 Å². The van der Waals surface area contributed by atoms with Crippen LogP contribution in [0.4, 0.5) is 16.2 Å². The number of carbonyl (C=O) groups is 1. The molecule has 0 heterocycles. The lowest BCUT2D eigenvalue weighted by atomic mass is 10.1. The van der Waals surface area contributed by atoms with Crippen molar-refractivity contribution in [3.63, 3.8) is 0 Å². The summed E-state index contributed by atoms with van der Waals surface area (Å²) >= 11 is 0. The minimum absolute atomic E-state index is 0.0834. The molecular formula is C17H21N3O2. The molecule has 0 aliphatic heterocycles. The number of hydrogen-bond acceptors (Lipinski definition) is 3. The monoisotopic (exact) mass is 299 g/mol. The number of rotatable bonds is 4. The van der Waals surface area contributed by atoms with Gasteiger partial charge < -0.3 is 21.1 Å². The Morgan fingerprint density at radius 1 is 1.09 bits per heavy atom. The largest absolute Gasteiger partial charge is 0.473 e. The molecular weight excluding hydrogens is 278 g/mol. The van der Waals surface area contributed by atoms with Crippen LogP contribution in [0.1, 0.15) is 16.7 Å². The van der Waals surface area contributed by atoms with Crippen LogP contribution < -0.4 is 21.1 Å². The van der Waals surface area contributed by atoms with Crippen molar-refractivity contribution in [1.82, 2.24) is 5.32 Å². The number of anilines is 2. The number of amides is 2. The summed E-state index contributed by atoms with van der Waals surface area (Å²) in [6, 6.07) is 10.9. The molecule has 0 saturated carbocycles. The third kappa shape index (κ3) is 4.15. The smallest absolute Gasteiger partial charge is 0.321 e. The zero-order chi connectivity index (χ0) is 16.1. The van der Waals surface area contributed by atoms with Gasteiger partial charge in [-0.3, -0.25) is 0 Å². The second-order valence-corrected chi connectivity index (χ2v) is 5.26. The van der Waals surface area contributed by atoms with Gasteiger partial charge >= 0.3 is 6.03 Å². The highest BCUT2D eigenvalue weighted by atomic mass is 16.5. The first kappa shape index (κ1) is 15.7. The van der Waals surface area contributed by atoms with Gasteiger partial charge in [0.1, 0.15) is 5.75 Å². The van der Waals surface area contributed by atoms with Crippen molar-refractivity contribution in [2.75, 3.05) is 17.8 Å². The Kier molecular flexibility index (Phi) is 4.88. The summed E-state index contributed by atoms with van der Waals surface area (Å²) in [4.78, 5) is 11.8. The molecule has 0 atom stereocenters. The van der Waals surface area contributed by atoms with Gasteiger partial charge in [-0.05, 0) is 61.7 Å². The zero-order valence-corrected chi connectivity index (χ0v) is 13.1. The van der Waals surface area contributed by atoms with E-state index in [4.69, 9.17) is 10.5 Å². The standard InChI is InChI=1S/C17H21N3O2/c1-11-4-7-15(18)16(8-11)20-17(21)19-10-22-14-6-5-12(2)13(3)9-14/h4-9H,10,18H2,1-3H3,(H2,19,20,21). The Morgan fingerprint density at radius 3 is 2.59 bits per heavy atom. The van der Waals surface area contributed by atoms with Crippen LogP contribution in [0.3, 0.4) is 0 Å². The Bertz CT molecular complexity index is 684. The van der Waals surface area contributed by atoms with Crippen LogP contribution in [0, 0.1) is 20.8 Å². The van der Waals surface area contributed by atoms with Crippen molar-refractivity contribution in [2.45, 2.75) is 20.8 Å². The molecule has 0 aliphatic carbocycles. The van der Waals surface area contributed by atoms with Crippen molar-refractivity contribution in [3.8, 4) is 5.75 Å². The van der Waals surface area contributed by atoms with Gasteiger partial charge in [0.05, 0.1) is 11.4 Å². The van der Waals surface area contributed by atoms with Crippen LogP contribution in [0.5, 0.6) is 5.75 Å². The molecule has 116 valence electrons. The topological polar surface area (TPSA) is 76.4 Å². The lowest BCUT2D eigenvalue weighted by Gasteiger charge is -2.12. The average Bonchev–Trinajstić information content (AvgIpc) is 2.47. The van der Waals surface area contributed by atoms with Gasteiger partial charge in [-0.2, -0.15) is 0 Å². The molecule has 2 rings (SSSR count). The van der Waals surface area contributed by atoms with E-state index in [9.17, 15) is 4.79 Å². The lowest BCUT2D eigenvalue weighted by molar-refractivity contribution is 0.234. The molecule has 5 heteroatoms. The first-order chi connectivity index (χ1) is 10.5. The van der Waals surface area contributed by atoms with Crippen LogP contribution in [0.25, 0.3) is 0 Å². The van der Waals surface area contributed by atoms with Gasteiger partial charge in [0.25, 0.3) is 0 Å². The highest BCUT2D eigenvalue weighted by Gasteiger charge is 2.05. The maximum absolute atomic E-state index is 11.8. The Balaban J connectivity index is 1.85. The summed E-state index contributed by atoms with van der Waals surface area (Å²) in [5.41, 5.74) is 10.3. The van der Waals surface area contributed by atoms with Crippen molar-refractivity contribution >= 4 is 17.4 Å². The number of aryl methyl sites for hydroxylation is 3. The third-order valence-corrected chi connectivity index (χ3v) is 3.41.